The van der Waals surface area contributed by atoms with Crippen LogP contribution in [-0.2, 0) is 6.42 Å². The fourth-order valence-corrected chi connectivity index (χ4v) is 5.07. The van der Waals surface area contributed by atoms with Crippen molar-refractivity contribution in [2.75, 3.05) is 6.61 Å². The second-order valence-corrected chi connectivity index (χ2v) is 9.84. The maximum absolute atomic E-state index is 14.7. The Kier molecular flexibility index (Phi) is 10.6. The SMILES string of the molecule is CCCCCCCCC1CCC(COc2ccc(-c3ccc(CCC)cc3)c(F)c2)CC1. The summed E-state index contributed by atoms with van der Waals surface area (Å²) in [4.78, 5) is 0. The highest BCUT2D eigenvalue weighted by atomic mass is 19.1. The van der Waals surface area contributed by atoms with E-state index in [9.17, 15) is 4.39 Å². The van der Waals surface area contributed by atoms with Crippen LogP contribution in [0, 0.1) is 17.7 Å². The van der Waals surface area contributed by atoms with Gasteiger partial charge >= 0.3 is 0 Å². The minimum atomic E-state index is -0.201. The lowest BCUT2D eigenvalue weighted by Crippen LogP contribution is -2.20. The zero-order valence-corrected chi connectivity index (χ0v) is 20.4. The molecule has 0 aromatic heterocycles. The molecule has 176 valence electrons. The van der Waals surface area contributed by atoms with Crippen LogP contribution in [0.25, 0.3) is 11.1 Å². The molecule has 0 unspecified atom stereocenters. The van der Waals surface area contributed by atoms with Gasteiger partial charge in [-0.3, -0.25) is 0 Å². The van der Waals surface area contributed by atoms with Crippen LogP contribution >= 0.6 is 0 Å². The molecule has 0 saturated heterocycles. The van der Waals surface area contributed by atoms with E-state index in [1.807, 2.05) is 24.3 Å². The Morgan fingerprint density at radius 3 is 2.16 bits per heavy atom. The lowest BCUT2D eigenvalue weighted by Gasteiger charge is -2.28. The van der Waals surface area contributed by atoms with E-state index in [4.69, 9.17) is 4.74 Å². The van der Waals surface area contributed by atoms with Gasteiger partial charge in [-0.15, -0.1) is 0 Å². The number of benzene rings is 2. The predicted octanol–water partition coefficient (Wildman–Crippen LogP) is 9.38. The lowest BCUT2D eigenvalue weighted by molar-refractivity contribution is 0.177. The number of rotatable bonds is 13. The van der Waals surface area contributed by atoms with Crippen molar-refractivity contribution >= 4 is 0 Å². The molecule has 0 bridgehead atoms. The van der Waals surface area contributed by atoms with Gasteiger partial charge in [0.1, 0.15) is 11.6 Å². The topological polar surface area (TPSA) is 9.23 Å². The number of hydrogen-bond acceptors (Lipinski definition) is 1. The average Bonchev–Trinajstić information content (AvgIpc) is 2.82. The fourth-order valence-electron chi connectivity index (χ4n) is 5.07. The molecule has 0 radical (unpaired) electrons. The number of halogens is 1. The summed E-state index contributed by atoms with van der Waals surface area (Å²) in [7, 11) is 0. The van der Waals surface area contributed by atoms with E-state index in [1.165, 1.54) is 76.2 Å². The van der Waals surface area contributed by atoms with Gasteiger partial charge in [-0.25, -0.2) is 4.39 Å². The van der Waals surface area contributed by atoms with Gasteiger partial charge in [0.15, 0.2) is 0 Å². The van der Waals surface area contributed by atoms with Gasteiger partial charge in [0.05, 0.1) is 6.61 Å². The summed E-state index contributed by atoms with van der Waals surface area (Å²) in [6, 6.07) is 13.6. The van der Waals surface area contributed by atoms with Crippen LogP contribution in [0.2, 0.25) is 0 Å². The molecule has 0 spiro atoms. The monoisotopic (exact) mass is 438 g/mol. The molecule has 1 fully saturated rings. The number of ether oxygens (including phenoxy) is 1. The van der Waals surface area contributed by atoms with Gasteiger partial charge < -0.3 is 4.74 Å². The first kappa shape index (κ1) is 24.8. The second kappa shape index (κ2) is 13.7. The molecule has 2 aromatic rings. The summed E-state index contributed by atoms with van der Waals surface area (Å²) in [6.07, 6.45) is 17.1. The van der Waals surface area contributed by atoms with Crippen molar-refractivity contribution in [3.8, 4) is 16.9 Å². The van der Waals surface area contributed by atoms with Gasteiger partial charge in [0.2, 0.25) is 0 Å². The van der Waals surface area contributed by atoms with E-state index in [-0.39, 0.29) is 5.82 Å². The first-order chi connectivity index (χ1) is 15.7. The molecular weight excluding hydrogens is 395 g/mol. The van der Waals surface area contributed by atoms with Gasteiger partial charge in [-0.05, 0) is 54.4 Å². The third-order valence-electron chi connectivity index (χ3n) is 7.16. The first-order valence-corrected chi connectivity index (χ1v) is 13.2. The Morgan fingerprint density at radius 1 is 0.781 bits per heavy atom. The van der Waals surface area contributed by atoms with Crippen LogP contribution in [0.15, 0.2) is 42.5 Å². The fraction of sp³-hybridized carbons (Fsp3) is 0.600. The summed E-state index contributed by atoms with van der Waals surface area (Å²) in [5.41, 5.74) is 2.88. The number of unbranched alkanes of at least 4 members (excludes halogenated alkanes) is 5. The Labute approximate surface area is 195 Å². The zero-order valence-electron chi connectivity index (χ0n) is 20.4. The standard InChI is InChI=1S/C30H43FO/c1-3-5-6-7-8-9-11-25-12-14-26(15-13-25)23-32-28-20-21-29(30(31)22-28)27-18-16-24(10-4-2)17-19-27/h16-22,25-26H,3-15,23H2,1-2H3. The molecule has 0 atom stereocenters. The molecule has 1 aliphatic rings. The molecular formula is C30H43FO. The molecule has 2 heteroatoms. The highest BCUT2D eigenvalue weighted by Crippen LogP contribution is 2.33. The molecule has 0 amide bonds. The highest BCUT2D eigenvalue weighted by molar-refractivity contribution is 5.65. The maximum atomic E-state index is 14.7. The van der Waals surface area contributed by atoms with Crippen LogP contribution < -0.4 is 4.74 Å². The molecule has 0 N–H and O–H groups in total. The van der Waals surface area contributed by atoms with Crippen LogP contribution in [-0.4, -0.2) is 6.61 Å². The lowest BCUT2D eigenvalue weighted by atomic mass is 9.80. The van der Waals surface area contributed by atoms with Crippen molar-refractivity contribution < 1.29 is 9.13 Å². The molecule has 1 saturated carbocycles. The van der Waals surface area contributed by atoms with Crippen LogP contribution in [0.1, 0.15) is 96.5 Å². The summed E-state index contributed by atoms with van der Waals surface area (Å²) in [5, 5.41) is 0. The normalized spacial score (nSPS) is 18.6. The quantitative estimate of drug-likeness (QED) is 0.283. The molecule has 0 aliphatic heterocycles. The van der Waals surface area contributed by atoms with Gasteiger partial charge in [0.25, 0.3) is 0 Å². The molecule has 1 aliphatic carbocycles. The van der Waals surface area contributed by atoms with Crippen molar-refractivity contribution in [1.82, 2.24) is 0 Å². The second-order valence-electron chi connectivity index (χ2n) is 9.84. The third-order valence-corrected chi connectivity index (χ3v) is 7.16. The summed E-state index contributed by atoms with van der Waals surface area (Å²) >= 11 is 0. The van der Waals surface area contributed by atoms with Crippen molar-refractivity contribution in [2.24, 2.45) is 11.8 Å². The van der Waals surface area contributed by atoms with Crippen LogP contribution in [0.3, 0.4) is 0 Å². The molecule has 3 rings (SSSR count). The van der Waals surface area contributed by atoms with Gasteiger partial charge in [-0.1, -0.05) is 102 Å². The predicted molar refractivity (Wildman–Crippen MR) is 135 cm³/mol. The van der Waals surface area contributed by atoms with E-state index in [0.29, 0.717) is 23.8 Å². The van der Waals surface area contributed by atoms with Gasteiger partial charge in [-0.2, -0.15) is 0 Å². The molecule has 32 heavy (non-hydrogen) atoms. The molecule has 1 nitrogen and oxygen atoms in total. The summed E-state index contributed by atoms with van der Waals surface area (Å²) in [6.45, 7) is 5.17. The Balaban J connectivity index is 1.38. The minimum Gasteiger partial charge on any atom is -0.493 e. The summed E-state index contributed by atoms with van der Waals surface area (Å²) < 4.78 is 20.7. The average molecular weight is 439 g/mol. The van der Waals surface area contributed by atoms with Gasteiger partial charge in [0, 0.05) is 11.6 Å². The van der Waals surface area contributed by atoms with Crippen molar-refractivity contribution in [3.05, 3.63) is 53.8 Å². The van der Waals surface area contributed by atoms with E-state index in [2.05, 4.69) is 26.0 Å². The van der Waals surface area contributed by atoms with E-state index in [0.717, 1.165) is 24.3 Å². The highest BCUT2D eigenvalue weighted by Gasteiger charge is 2.21. The number of aryl methyl sites for hydroxylation is 1. The largest absolute Gasteiger partial charge is 0.493 e. The Hall–Kier alpha value is -1.83. The van der Waals surface area contributed by atoms with E-state index >= 15 is 0 Å². The molecule has 0 heterocycles. The Bertz CT molecular complexity index is 774. The van der Waals surface area contributed by atoms with Crippen molar-refractivity contribution in [2.45, 2.75) is 97.3 Å². The maximum Gasteiger partial charge on any atom is 0.134 e. The third kappa shape index (κ3) is 7.94. The molecule has 2 aromatic carbocycles. The summed E-state index contributed by atoms with van der Waals surface area (Å²) in [5.74, 6) is 1.99. The van der Waals surface area contributed by atoms with Crippen LogP contribution in [0.4, 0.5) is 4.39 Å². The number of hydrogen-bond donors (Lipinski definition) is 0. The van der Waals surface area contributed by atoms with E-state index < -0.39 is 0 Å². The van der Waals surface area contributed by atoms with Crippen LogP contribution in [0.5, 0.6) is 5.75 Å². The van der Waals surface area contributed by atoms with E-state index in [1.54, 1.807) is 6.07 Å². The van der Waals surface area contributed by atoms with Crippen molar-refractivity contribution in [3.63, 3.8) is 0 Å². The van der Waals surface area contributed by atoms with Crippen molar-refractivity contribution in [1.29, 1.82) is 0 Å². The smallest absolute Gasteiger partial charge is 0.134 e. The zero-order chi connectivity index (χ0) is 22.6. The Morgan fingerprint density at radius 2 is 1.47 bits per heavy atom. The first-order valence-electron chi connectivity index (χ1n) is 13.2. The minimum absolute atomic E-state index is 0.201.